The van der Waals surface area contributed by atoms with Gasteiger partial charge in [-0.1, -0.05) is 18.2 Å². The molecule has 27 heavy (non-hydrogen) atoms. The number of alkyl halides is 3. The van der Waals surface area contributed by atoms with Crippen molar-refractivity contribution in [2.45, 2.75) is 32.1 Å². The van der Waals surface area contributed by atoms with Gasteiger partial charge in [0.1, 0.15) is 0 Å². The number of benzene rings is 1. The topological polar surface area (TPSA) is 50.8 Å². The van der Waals surface area contributed by atoms with E-state index in [0.717, 1.165) is 6.07 Å². The van der Waals surface area contributed by atoms with E-state index in [0.29, 0.717) is 12.3 Å². The maximum absolute atomic E-state index is 13.5. The van der Waals surface area contributed by atoms with Crippen molar-refractivity contribution in [1.82, 2.24) is 10.2 Å². The molecule has 0 unspecified atom stereocenters. The predicted molar refractivity (Wildman–Crippen MR) is 97.8 cm³/mol. The molecule has 0 radical (unpaired) electrons. The predicted octanol–water partition coefficient (Wildman–Crippen LogP) is 3.42. The highest BCUT2D eigenvalue weighted by atomic mass is 32.1. The molecule has 1 heterocycles. The zero-order valence-electron chi connectivity index (χ0n) is 15.4. The van der Waals surface area contributed by atoms with Gasteiger partial charge in [-0.05, 0) is 37.7 Å². The van der Waals surface area contributed by atoms with Gasteiger partial charge in [0.15, 0.2) is 5.11 Å². The number of nitrogens with zero attached hydrogens (tertiary/aromatic N) is 1. The van der Waals surface area contributed by atoms with E-state index in [9.17, 15) is 18.0 Å². The lowest BCUT2D eigenvalue weighted by molar-refractivity contribution is -0.140. The second-order valence-corrected chi connectivity index (χ2v) is 6.52. The van der Waals surface area contributed by atoms with Gasteiger partial charge in [0, 0.05) is 12.8 Å². The highest BCUT2D eigenvalue weighted by Crippen LogP contribution is 2.39. The van der Waals surface area contributed by atoms with Gasteiger partial charge in [0.2, 0.25) is 0 Å². The summed E-state index contributed by atoms with van der Waals surface area (Å²) in [5.41, 5.74) is -0.424. The fraction of sp³-hybridized carbons (Fsp3) is 0.444. The van der Waals surface area contributed by atoms with Crippen molar-refractivity contribution < 1.29 is 27.4 Å². The summed E-state index contributed by atoms with van der Waals surface area (Å²) in [7, 11) is 2.71. The number of carbonyl (C=O) groups excluding carboxylic acids is 1. The van der Waals surface area contributed by atoms with Crippen LogP contribution in [-0.2, 0) is 20.4 Å². The van der Waals surface area contributed by atoms with Crippen LogP contribution >= 0.6 is 12.2 Å². The van der Waals surface area contributed by atoms with Crippen LogP contribution in [0.4, 0.5) is 13.2 Å². The second kappa shape index (κ2) is 8.26. The van der Waals surface area contributed by atoms with Crippen LogP contribution in [0.3, 0.4) is 0 Å². The fourth-order valence-electron chi connectivity index (χ4n) is 3.22. The summed E-state index contributed by atoms with van der Waals surface area (Å²) < 4.78 is 50.5. The number of nitrogens with one attached hydrogen (secondary N) is 1. The molecule has 2 rings (SSSR count). The van der Waals surface area contributed by atoms with Gasteiger partial charge >= 0.3 is 12.1 Å². The van der Waals surface area contributed by atoms with Gasteiger partial charge in [-0.2, -0.15) is 13.2 Å². The molecule has 0 aliphatic carbocycles. The smallest absolute Gasteiger partial charge is 0.416 e. The van der Waals surface area contributed by atoms with Crippen LogP contribution in [0.1, 0.15) is 31.0 Å². The number of esters is 1. The van der Waals surface area contributed by atoms with E-state index in [1.54, 1.807) is 11.8 Å². The van der Waals surface area contributed by atoms with Crippen molar-refractivity contribution in [1.29, 1.82) is 0 Å². The zero-order valence-corrected chi connectivity index (χ0v) is 16.2. The summed E-state index contributed by atoms with van der Waals surface area (Å²) in [6, 6.07) is 3.79. The minimum absolute atomic E-state index is 0.0748. The Bertz CT molecular complexity index is 764. The largest absolute Gasteiger partial charge is 0.466 e. The molecule has 148 valence electrons. The van der Waals surface area contributed by atoms with Crippen LogP contribution in [0.15, 0.2) is 35.5 Å². The monoisotopic (exact) mass is 402 g/mol. The highest BCUT2D eigenvalue weighted by molar-refractivity contribution is 7.80. The van der Waals surface area contributed by atoms with Crippen LogP contribution < -0.4 is 5.32 Å². The van der Waals surface area contributed by atoms with E-state index in [2.05, 4.69) is 5.32 Å². The molecule has 0 amide bonds. The molecule has 0 saturated heterocycles. The number of hydrogen-bond donors (Lipinski definition) is 1. The molecule has 5 nitrogen and oxygen atoms in total. The first-order valence-corrected chi connectivity index (χ1v) is 8.58. The molecule has 0 spiro atoms. The Morgan fingerprint density at radius 3 is 2.52 bits per heavy atom. The fourth-order valence-corrected chi connectivity index (χ4v) is 3.65. The summed E-state index contributed by atoms with van der Waals surface area (Å²) in [5, 5.41) is 3.09. The summed E-state index contributed by atoms with van der Waals surface area (Å²) >= 11 is 5.38. The quantitative estimate of drug-likeness (QED) is 0.602. The average Bonchev–Trinajstić information content (AvgIpc) is 2.60. The van der Waals surface area contributed by atoms with Crippen LogP contribution in [0.5, 0.6) is 0 Å². The van der Waals surface area contributed by atoms with Gasteiger partial charge < -0.3 is 19.7 Å². The summed E-state index contributed by atoms with van der Waals surface area (Å²) in [6.07, 6.45) is -4.57. The Labute approximate surface area is 161 Å². The SMILES string of the molecule is COC[C@H](C)N1C(=S)N[C@H](c2ccccc2C(F)(F)F)C(C(=O)OC)=C1C. The molecule has 1 N–H and O–H groups in total. The molecular weight excluding hydrogens is 381 g/mol. The lowest BCUT2D eigenvalue weighted by Gasteiger charge is -2.40. The molecule has 0 bridgehead atoms. The van der Waals surface area contributed by atoms with Crippen molar-refractivity contribution in [2.24, 2.45) is 0 Å². The number of rotatable bonds is 5. The van der Waals surface area contributed by atoms with Gasteiger partial charge in [-0.3, -0.25) is 0 Å². The van der Waals surface area contributed by atoms with Gasteiger partial charge in [0.05, 0.1) is 36.9 Å². The van der Waals surface area contributed by atoms with E-state index in [4.69, 9.17) is 21.7 Å². The molecule has 1 aliphatic heterocycles. The normalized spacial score (nSPS) is 19.0. The van der Waals surface area contributed by atoms with Gasteiger partial charge in [-0.25, -0.2) is 4.79 Å². The first-order chi connectivity index (χ1) is 12.6. The molecule has 0 fully saturated rings. The van der Waals surface area contributed by atoms with Crippen molar-refractivity contribution in [3.63, 3.8) is 0 Å². The third-order valence-electron chi connectivity index (χ3n) is 4.36. The third-order valence-corrected chi connectivity index (χ3v) is 4.67. The number of hydrogen-bond acceptors (Lipinski definition) is 4. The lowest BCUT2D eigenvalue weighted by Crippen LogP contribution is -2.52. The maximum Gasteiger partial charge on any atom is 0.416 e. The first kappa shape index (κ1) is 21.2. The average molecular weight is 402 g/mol. The van der Waals surface area contributed by atoms with Crippen molar-refractivity contribution in [2.75, 3.05) is 20.8 Å². The van der Waals surface area contributed by atoms with Crippen LogP contribution in [0.25, 0.3) is 0 Å². The Morgan fingerprint density at radius 2 is 1.96 bits per heavy atom. The van der Waals surface area contributed by atoms with E-state index in [1.165, 1.54) is 32.4 Å². The highest BCUT2D eigenvalue weighted by Gasteiger charge is 2.41. The number of ether oxygens (including phenoxy) is 2. The van der Waals surface area contributed by atoms with E-state index < -0.39 is 23.8 Å². The van der Waals surface area contributed by atoms with E-state index in [-0.39, 0.29) is 22.3 Å². The standard InChI is InChI=1S/C18H21F3N2O3S/c1-10(9-25-3)23-11(2)14(16(24)26-4)15(22-17(23)27)12-7-5-6-8-13(12)18(19,20)21/h5-8,10,15H,9H2,1-4H3,(H,22,27)/t10-,15+/m0/s1. The molecule has 1 aromatic rings. The number of thiocarbonyl (C=S) groups is 1. The second-order valence-electron chi connectivity index (χ2n) is 6.13. The van der Waals surface area contributed by atoms with Crippen molar-refractivity contribution >= 4 is 23.3 Å². The van der Waals surface area contributed by atoms with Gasteiger partial charge in [0.25, 0.3) is 0 Å². The minimum atomic E-state index is -4.57. The maximum atomic E-state index is 13.5. The molecule has 2 atom stereocenters. The molecule has 1 aromatic carbocycles. The Hall–Kier alpha value is -2.13. The Morgan fingerprint density at radius 1 is 1.33 bits per heavy atom. The molecular formula is C18H21F3N2O3S. The lowest BCUT2D eigenvalue weighted by atomic mass is 9.91. The number of carbonyl (C=O) groups is 1. The van der Waals surface area contributed by atoms with Crippen molar-refractivity contribution in [3.8, 4) is 0 Å². The van der Waals surface area contributed by atoms with Crippen molar-refractivity contribution in [3.05, 3.63) is 46.7 Å². The molecule has 0 aromatic heterocycles. The van der Waals surface area contributed by atoms with E-state index >= 15 is 0 Å². The van der Waals surface area contributed by atoms with Gasteiger partial charge in [-0.15, -0.1) is 0 Å². The summed E-state index contributed by atoms with van der Waals surface area (Å²) in [6.45, 7) is 3.78. The molecule has 9 heteroatoms. The van der Waals surface area contributed by atoms with Crippen LogP contribution in [-0.4, -0.2) is 42.8 Å². The number of allylic oxidation sites excluding steroid dienone is 1. The number of halogens is 3. The Balaban J connectivity index is 2.65. The first-order valence-electron chi connectivity index (χ1n) is 8.17. The van der Waals surface area contributed by atoms with Crippen LogP contribution in [0, 0.1) is 0 Å². The number of methoxy groups -OCH3 is 2. The third kappa shape index (κ3) is 4.24. The van der Waals surface area contributed by atoms with E-state index in [1.807, 2.05) is 6.92 Å². The van der Waals surface area contributed by atoms with Crippen LogP contribution in [0.2, 0.25) is 0 Å². The minimum Gasteiger partial charge on any atom is -0.466 e. The molecule has 1 aliphatic rings. The summed E-state index contributed by atoms with van der Waals surface area (Å²) in [5.74, 6) is -0.723. The summed E-state index contributed by atoms with van der Waals surface area (Å²) in [4.78, 5) is 14.1. The zero-order chi connectivity index (χ0) is 20.4. The Kier molecular flexibility index (Phi) is 6.48. The molecule has 0 saturated carbocycles.